The molecule has 0 amide bonds. The first-order chi connectivity index (χ1) is 17.2. The summed E-state index contributed by atoms with van der Waals surface area (Å²) in [6, 6.07) is 40.7. The molecule has 0 saturated heterocycles. The molecule has 0 aliphatic rings. The molecular weight excluding hydrogens is 424 g/mol. The molecule has 0 fully saturated rings. The lowest BCUT2D eigenvalue weighted by atomic mass is 10.0. The topological polar surface area (TPSA) is 28.7 Å². The molecule has 166 valence electrons. The molecule has 5 aromatic carbocycles. The van der Waals surface area contributed by atoms with Crippen molar-refractivity contribution in [3.63, 3.8) is 0 Å². The molecule has 0 bridgehead atoms. The van der Waals surface area contributed by atoms with Crippen molar-refractivity contribution < 1.29 is 0 Å². The van der Waals surface area contributed by atoms with Crippen LogP contribution >= 0.6 is 0 Å². The van der Waals surface area contributed by atoms with E-state index in [1.807, 2.05) is 24.3 Å². The summed E-state index contributed by atoms with van der Waals surface area (Å²) in [7, 11) is 0. The van der Waals surface area contributed by atoms with E-state index >= 15 is 0 Å². The average Bonchev–Trinajstić information content (AvgIpc) is 3.24. The number of aromatic nitrogens is 1. The molecule has 0 radical (unpaired) electrons. The summed E-state index contributed by atoms with van der Waals surface area (Å²) >= 11 is 0. The second kappa shape index (κ2) is 8.31. The Kier molecular flexibility index (Phi) is 4.98. The molecule has 0 saturated carbocycles. The van der Waals surface area contributed by atoms with Gasteiger partial charge in [-0.05, 0) is 77.6 Å². The lowest BCUT2D eigenvalue weighted by molar-refractivity contribution is 1.12. The van der Waals surface area contributed by atoms with Crippen LogP contribution in [0.5, 0.6) is 0 Å². The van der Waals surface area contributed by atoms with Crippen molar-refractivity contribution in [2.45, 2.75) is 13.8 Å². The Hall–Kier alpha value is -4.61. The highest BCUT2D eigenvalue weighted by Crippen LogP contribution is 2.38. The number of aryl methyl sites for hydroxylation is 1. The van der Waals surface area contributed by atoms with E-state index in [1.165, 1.54) is 38.6 Å². The molecule has 0 unspecified atom stereocenters. The van der Waals surface area contributed by atoms with E-state index in [0.29, 0.717) is 5.56 Å². The minimum atomic E-state index is 0.686. The fourth-order valence-electron chi connectivity index (χ4n) is 5.06. The van der Waals surface area contributed by atoms with Gasteiger partial charge >= 0.3 is 0 Å². The Morgan fingerprint density at radius 2 is 1.09 bits per heavy atom. The van der Waals surface area contributed by atoms with Crippen LogP contribution in [0.4, 0.5) is 0 Å². The van der Waals surface area contributed by atoms with Crippen molar-refractivity contribution in [1.82, 2.24) is 4.57 Å². The third-order valence-electron chi connectivity index (χ3n) is 7.03. The molecule has 0 aliphatic heterocycles. The Bertz CT molecular complexity index is 1650. The van der Waals surface area contributed by atoms with Crippen LogP contribution in [0.3, 0.4) is 0 Å². The second-order valence-corrected chi connectivity index (χ2v) is 9.05. The fraction of sp³-hybridized carbons (Fsp3) is 0.0606. The van der Waals surface area contributed by atoms with Crippen molar-refractivity contribution in [2.24, 2.45) is 0 Å². The molecule has 35 heavy (non-hydrogen) atoms. The van der Waals surface area contributed by atoms with Crippen LogP contribution in [0.1, 0.15) is 16.7 Å². The SMILES string of the molecule is Cc1ccc(C#N)c(-n2c3ccc(-c4ccccc4)cc3c3cc(-c4ccccc4)ccc32)c1C. The summed E-state index contributed by atoms with van der Waals surface area (Å²) in [6.07, 6.45) is 0. The van der Waals surface area contributed by atoms with Gasteiger partial charge in [0.2, 0.25) is 0 Å². The molecule has 0 spiro atoms. The molecule has 6 aromatic rings. The van der Waals surface area contributed by atoms with Crippen LogP contribution in [0.25, 0.3) is 49.7 Å². The van der Waals surface area contributed by atoms with Gasteiger partial charge in [0.15, 0.2) is 0 Å². The zero-order valence-corrected chi connectivity index (χ0v) is 19.8. The standard InChI is InChI=1S/C33H24N2/c1-22-13-14-28(21-34)33(23(22)2)35-31-17-15-26(24-9-5-3-6-10-24)19-29(31)30-20-27(16-18-32(30)35)25-11-7-4-8-12-25/h3-20H,1-2H3. The summed E-state index contributed by atoms with van der Waals surface area (Å²) in [6.45, 7) is 4.22. The van der Waals surface area contributed by atoms with Gasteiger partial charge in [-0.1, -0.05) is 78.9 Å². The Balaban J connectivity index is 1.73. The van der Waals surface area contributed by atoms with Gasteiger partial charge in [0.25, 0.3) is 0 Å². The first-order valence-electron chi connectivity index (χ1n) is 11.9. The molecule has 2 nitrogen and oxygen atoms in total. The van der Waals surface area contributed by atoms with Gasteiger partial charge in [0, 0.05) is 10.8 Å². The summed E-state index contributed by atoms with van der Waals surface area (Å²) < 4.78 is 2.27. The fourth-order valence-corrected chi connectivity index (χ4v) is 5.06. The lowest BCUT2D eigenvalue weighted by Crippen LogP contribution is -2.02. The van der Waals surface area contributed by atoms with Gasteiger partial charge < -0.3 is 4.57 Å². The van der Waals surface area contributed by atoms with E-state index in [1.54, 1.807) is 0 Å². The van der Waals surface area contributed by atoms with Gasteiger partial charge in [-0.2, -0.15) is 5.26 Å². The number of nitriles is 1. The molecule has 2 heteroatoms. The summed E-state index contributed by atoms with van der Waals surface area (Å²) in [4.78, 5) is 0. The van der Waals surface area contributed by atoms with E-state index in [4.69, 9.17) is 0 Å². The normalized spacial score (nSPS) is 11.1. The molecule has 1 aromatic heterocycles. The van der Waals surface area contributed by atoms with E-state index in [2.05, 4.69) is 109 Å². The van der Waals surface area contributed by atoms with Gasteiger partial charge in [-0.15, -0.1) is 0 Å². The van der Waals surface area contributed by atoms with Gasteiger partial charge in [0.05, 0.1) is 22.3 Å². The Morgan fingerprint density at radius 3 is 1.57 bits per heavy atom. The van der Waals surface area contributed by atoms with E-state index < -0.39 is 0 Å². The highest BCUT2D eigenvalue weighted by molar-refractivity contribution is 6.12. The van der Waals surface area contributed by atoms with Crippen molar-refractivity contribution in [3.05, 3.63) is 126 Å². The molecule has 0 N–H and O–H groups in total. The number of benzene rings is 5. The van der Waals surface area contributed by atoms with Crippen LogP contribution in [-0.2, 0) is 0 Å². The molecular formula is C33H24N2. The third-order valence-corrected chi connectivity index (χ3v) is 7.03. The third kappa shape index (κ3) is 3.41. The maximum Gasteiger partial charge on any atom is 0.101 e. The smallest absolute Gasteiger partial charge is 0.101 e. The monoisotopic (exact) mass is 448 g/mol. The lowest BCUT2D eigenvalue weighted by Gasteiger charge is -2.15. The van der Waals surface area contributed by atoms with E-state index in [9.17, 15) is 5.26 Å². The van der Waals surface area contributed by atoms with E-state index in [0.717, 1.165) is 22.3 Å². The van der Waals surface area contributed by atoms with Crippen LogP contribution in [-0.4, -0.2) is 4.57 Å². The maximum atomic E-state index is 10.00. The first kappa shape index (κ1) is 21.0. The molecule has 0 atom stereocenters. The Morgan fingerprint density at radius 1 is 0.571 bits per heavy atom. The van der Waals surface area contributed by atoms with Crippen LogP contribution in [0.15, 0.2) is 109 Å². The highest BCUT2D eigenvalue weighted by Gasteiger charge is 2.18. The summed E-state index contributed by atoms with van der Waals surface area (Å²) in [5.41, 5.74) is 10.9. The molecule has 1 heterocycles. The maximum absolute atomic E-state index is 10.00. The number of hydrogen-bond donors (Lipinski definition) is 0. The molecule has 0 aliphatic carbocycles. The van der Waals surface area contributed by atoms with E-state index in [-0.39, 0.29) is 0 Å². The van der Waals surface area contributed by atoms with Crippen molar-refractivity contribution >= 4 is 21.8 Å². The van der Waals surface area contributed by atoms with Crippen molar-refractivity contribution in [2.75, 3.05) is 0 Å². The van der Waals surface area contributed by atoms with Gasteiger partial charge in [-0.3, -0.25) is 0 Å². The highest BCUT2D eigenvalue weighted by atomic mass is 15.0. The van der Waals surface area contributed by atoms with Crippen molar-refractivity contribution in [1.29, 1.82) is 5.26 Å². The predicted molar refractivity (Wildman–Crippen MR) is 146 cm³/mol. The van der Waals surface area contributed by atoms with Crippen LogP contribution in [0, 0.1) is 25.2 Å². The summed E-state index contributed by atoms with van der Waals surface area (Å²) in [5.74, 6) is 0. The number of rotatable bonds is 3. The number of hydrogen-bond acceptors (Lipinski definition) is 1. The first-order valence-corrected chi connectivity index (χ1v) is 11.9. The zero-order valence-electron chi connectivity index (χ0n) is 19.8. The minimum Gasteiger partial charge on any atom is -0.308 e. The average molecular weight is 449 g/mol. The molecule has 6 rings (SSSR count). The van der Waals surface area contributed by atoms with Crippen molar-refractivity contribution in [3.8, 4) is 34.0 Å². The quantitative estimate of drug-likeness (QED) is 0.266. The Labute approximate surface area is 205 Å². The summed E-state index contributed by atoms with van der Waals surface area (Å²) in [5, 5.41) is 12.4. The van der Waals surface area contributed by atoms with Gasteiger partial charge in [-0.25, -0.2) is 0 Å². The van der Waals surface area contributed by atoms with Crippen LogP contribution in [0.2, 0.25) is 0 Å². The predicted octanol–water partition coefficient (Wildman–Crippen LogP) is 8.61. The number of fused-ring (bicyclic) bond motifs is 3. The minimum absolute atomic E-state index is 0.686. The zero-order chi connectivity index (χ0) is 23.9. The second-order valence-electron chi connectivity index (χ2n) is 9.05. The largest absolute Gasteiger partial charge is 0.308 e. The number of nitrogens with zero attached hydrogens (tertiary/aromatic N) is 2. The van der Waals surface area contributed by atoms with Gasteiger partial charge in [0.1, 0.15) is 6.07 Å². The van der Waals surface area contributed by atoms with Crippen LogP contribution < -0.4 is 0 Å².